The highest BCUT2D eigenvalue weighted by Gasteiger charge is 2.47. The van der Waals surface area contributed by atoms with E-state index in [9.17, 15) is 14.7 Å². The van der Waals surface area contributed by atoms with Crippen LogP contribution in [0.2, 0.25) is 0 Å². The topological polar surface area (TPSA) is 57.6 Å². The predicted octanol–water partition coefficient (Wildman–Crippen LogP) is 4.02. The third-order valence-corrected chi connectivity index (χ3v) is 8.76. The maximum Gasteiger partial charge on any atom is 0.326 e. The van der Waals surface area contributed by atoms with Crippen molar-refractivity contribution in [2.75, 3.05) is 11.5 Å². The Balaban J connectivity index is 1.56. The molecule has 134 valence electrons. The summed E-state index contributed by atoms with van der Waals surface area (Å²) in [6.07, 6.45) is 4.84. The fraction of sp³-hybridized carbons (Fsp3) is 0.579. The van der Waals surface area contributed by atoms with E-state index in [0.717, 1.165) is 25.7 Å². The third kappa shape index (κ3) is 3.31. The van der Waals surface area contributed by atoms with Gasteiger partial charge in [0.05, 0.1) is 4.58 Å². The van der Waals surface area contributed by atoms with Gasteiger partial charge in [-0.15, -0.1) is 23.5 Å². The number of fused-ring (bicyclic) bond motifs is 1. The van der Waals surface area contributed by atoms with Gasteiger partial charge in [-0.3, -0.25) is 4.79 Å². The van der Waals surface area contributed by atoms with Gasteiger partial charge in [-0.1, -0.05) is 25.0 Å². The molecule has 1 amide bonds. The van der Waals surface area contributed by atoms with E-state index in [1.54, 1.807) is 4.90 Å². The number of aliphatic carboxylic acids is 1. The summed E-state index contributed by atoms with van der Waals surface area (Å²) in [6.45, 7) is 0. The summed E-state index contributed by atoms with van der Waals surface area (Å²) in [5.41, 5.74) is 1.87. The average molecular weight is 378 g/mol. The molecule has 3 atom stereocenters. The number of amides is 1. The summed E-state index contributed by atoms with van der Waals surface area (Å²) in [6, 6.07) is 7.27. The van der Waals surface area contributed by atoms with Crippen LogP contribution < -0.4 is 0 Å². The van der Waals surface area contributed by atoms with E-state index in [2.05, 4.69) is 0 Å². The summed E-state index contributed by atoms with van der Waals surface area (Å²) >= 11 is 3.89. The second-order valence-electron chi connectivity index (χ2n) is 7.11. The van der Waals surface area contributed by atoms with E-state index in [1.165, 1.54) is 17.1 Å². The smallest absolute Gasteiger partial charge is 0.326 e. The Hall–Kier alpha value is -1.14. The lowest BCUT2D eigenvalue weighted by Crippen LogP contribution is -2.46. The minimum Gasteiger partial charge on any atom is -0.480 e. The molecule has 0 radical (unpaired) electrons. The second-order valence-corrected chi connectivity index (χ2v) is 9.83. The Labute approximate surface area is 156 Å². The zero-order valence-corrected chi connectivity index (χ0v) is 15.7. The summed E-state index contributed by atoms with van der Waals surface area (Å²) in [4.78, 5) is 26.5. The minimum atomic E-state index is -0.863. The van der Waals surface area contributed by atoms with Crippen LogP contribution in [0.15, 0.2) is 24.3 Å². The van der Waals surface area contributed by atoms with Crippen molar-refractivity contribution in [2.45, 2.75) is 48.8 Å². The number of hydrogen-bond acceptors (Lipinski definition) is 4. The summed E-state index contributed by atoms with van der Waals surface area (Å²) in [5, 5.41) is 9.61. The van der Waals surface area contributed by atoms with Crippen LogP contribution >= 0.6 is 23.5 Å². The fourth-order valence-electron chi connectivity index (χ4n) is 4.46. The number of carbonyl (C=O) groups excluding carboxylic acids is 1. The molecule has 1 aromatic carbocycles. The standard InChI is InChI=1S/C19H23NO3S2/c21-17(12-5-7-13(8-6-12)19-24-9-10-25-19)20-15-4-2-1-3-14(15)11-16(20)18(22)23/h5-8,14-16,19H,1-4,9-11H2,(H,22,23). The zero-order valence-electron chi connectivity index (χ0n) is 14.1. The van der Waals surface area contributed by atoms with Gasteiger partial charge in [0.2, 0.25) is 0 Å². The number of carboxylic acids is 1. The second kappa shape index (κ2) is 7.23. The monoisotopic (exact) mass is 377 g/mol. The van der Waals surface area contributed by atoms with Crippen LogP contribution in [0.5, 0.6) is 0 Å². The summed E-state index contributed by atoms with van der Waals surface area (Å²) in [7, 11) is 0. The van der Waals surface area contributed by atoms with Gasteiger partial charge in [-0.2, -0.15) is 0 Å². The van der Waals surface area contributed by atoms with Crippen LogP contribution in [0.4, 0.5) is 0 Å². The van der Waals surface area contributed by atoms with Gasteiger partial charge in [0.1, 0.15) is 6.04 Å². The van der Waals surface area contributed by atoms with Crippen molar-refractivity contribution in [2.24, 2.45) is 5.92 Å². The van der Waals surface area contributed by atoms with Crippen molar-refractivity contribution in [1.29, 1.82) is 0 Å². The number of nitrogens with zero attached hydrogens (tertiary/aromatic N) is 1. The van der Waals surface area contributed by atoms with Crippen molar-refractivity contribution in [1.82, 2.24) is 4.90 Å². The van der Waals surface area contributed by atoms with Crippen molar-refractivity contribution in [3.05, 3.63) is 35.4 Å². The maximum absolute atomic E-state index is 13.1. The van der Waals surface area contributed by atoms with Gasteiger partial charge >= 0.3 is 5.97 Å². The van der Waals surface area contributed by atoms with Gasteiger partial charge in [0.15, 0.2) is 0 Å². The Morgan fingerprint density at radius 1 is 1.04 bits per heavy atom. The molecule has 3 aliphatic rings. The van der Waals surface area contributed by atoms with E-state index in [4.69, 9.17) is 0 Å². The molecule has 0 spiro atoms. The summed E-state index contributed by atoms with van der Waals surface area (Å²) < 4.78 is 0.463. The normalized spacial score (nSPS) is 29.6. The lowest BCUT2D eigenvalue weighted by Gasteiger charge is -2.33. The first-order chi connectivity index (χ1) is 12.1. The Morgan fingerprint density at radius 2 is 1.72 bits per heavy atom. The number of thioether (sulfide) groups is 2. The van der Waals surface area contributed by atoms with Gasteiger partial charge in [0.25, 0.3) is 5.91 Å². The molecular weight excluding hydrogens is 354 g/mol. The number of carbonyl (C=O) groups is 2. The average Bonchev–Trinajstić information content (AvgIpc) is 3.29. The van der Waals surface area contributed by atoms with E-state index < -0.39 is 12.0 Å². The van der Waals surface area contributed by atoms with Crippen molar-refractivity contribution < 1.29 is 14.7 Å². The van der Waals surface area contributed by atoms with Gasteiger partial charge < -0.3 is 10.0 Å². The zero-order chi connectivity index (χ0) is 17.4. The van der Waals surface area contributed by atoms with E-state index in [-0.39, 0.29) is 11.9 Å². The van der Waals surface area contributed by atoms with E-state index in [0.29, 0.717) is 22.5 Å². The molecule has 3 fully saturated rings. The van der Waals surface area contributed by atoms with Crippen LogP contribution in [-0.2, 0) is 4.79 Å². The minimum absolute atomic E-state index is 0.1000. The number of likely N-dealkylation sites (tertiary alicyclic amines) is 1. The predicted molar refractivity (Wildman–Crippen MR) is 102 cm³/mol. The van der Waals surface area contributed by atoms with Crippen LogP contribution in [0.25, 0.3) is 0 Å². The largest absolute Gasteiger partial charge is 0.480 e. The molecule has 25 heavy (non-hydrogen) atoms. The van der Waals surface area contributed by atoms with Crippen LogP contribution in [0.3, 0.4) is 0 Å². The molecule has 1 saturated carbocycles. The molecule has 4 rings (SSSR count). The number of carboxylic acid groups (broad SMARTS) is 1. The van der Waals surface area contributed by atoms with E-state index in [1.807, 2.05) is 47.8 Å². The molecule has 3 unspecified atom stereocenters. The van der Waals surface area contributed by atoms with Crippen molar-refractivity contribution in [3.63, 3.8) is 0 Å². The number of hydrogen-bond donors (Lipinski definition) is 1. The highest BCUT2D eigenvalue weighted by atomic mass is 32.2. The molecule has 1 aromatic rings. The molecule has 0 aromatic heterocycles. The quantitative estimate of drug-likeness (QED) is 0.862. The molecule has 4 nitrogen and oxygen atoms in total. The SMILES string of the molecule is O=C(O)C1CC2CCCCC2N1C(=O)c1ccc(C2SCCS2)cc1. The Bertz CT molecular complexity index is 657. The first kappa shape index (κ1) is 17.3. The first-order valence-corrected chi connectivity index (χ1v) is 11.1. The molecule has 1 aliphatic carbocycles. The molecular formula is C19H23NO3S2. The molecule has 2 saturated heterocycles. The highest BCUT2D eigenvalue weighted by Crippen LogP contribution is 2.45. The molecule has 1 N–H and O–H groups in total. The van der Waals surface area contributed by atoms with E-state index >= 15 is 0 Å². The molecule has 6 heteroatoms. The molecule has 2 heterocycles. The Kier molecular flexibility index (Phi) is 5.00. The lowest BCUT2D eigenvalue weighted by atomic mass is 9.84. The number of rotatable bonds is 3. The maximum atomic E-state index is 13.1. The van der Waals surface area contributed by atoms with Crippen LogP contribution in [0, 0.1) is 5.92 Å². The van der Waals surface area contributed by atoms with Gasteiger partial charge in [-0.05, 0) is 42.9 Å². The Morgan fingerprint density at radius 3 is 2.40 bits per heavy atom. The van der Waals surface area contributed by atoms with Gasteiger partial charge in [0, 0.05) is 23.1 Å². The van der Waals surface area contributed by atoms with Crippen LogP contribution in [0.1, 0.15) is 52.6 Å². The van der Waals surface area contributed by atoms with Crippen molar-refractivity contribution in [3.8, 4) is 0 Å². The van der Waals surface area contributed by atoms with Crippen molar-refractivity contribution >= 4 is 35.4 Å². The number of benzene rings is 1. The third-order valence-electron chi connectivity index (χ3n) is 5.66. The molecule has 0 bridgehead atoms. The van der Waals surface area contributed by atoms with Crippen LogP contribution in [-0.4, -0.2) is 45.5 Å². The molecule has 2 aliphatic heterocycles. The van der Waals surface area contributed by atoms with Gasteiger partial charge in [-0.25, -0.2) is 4.79 Å². The first-order valence-electron chi connectivity index (χ1n) is 9.04. The highest BCUT2D eigenvalue weighted by molar-refractivity contribution is 8.19. The lowest BCUT2D eigenvalue weighted by molar-refractivity contribution is -0.141. The fourth-order valence-corrected chi connectivity index (χ4v) is 7.31. The summed E-state index contributed by atoms with van der Waals surface area (Å²) in [5.74, 6) is 1.72.